The minimum atomic E-state index is -3.56. The summed E-state index contributed by atoms with van der Waals surface area (Å²) in [5.74, 6) is 4.32. The Hall–Kier alpha value is -1.31. The van der Waals surface area contributed by atoms with Crippen LogP contribution in [0.15, 0.2) is 24.3 Å². The molecule has 0 spiro atoms. The molecule has 1 aromatic carbocycles. The van der Waals surface area contributed by atoms with Crippen molar-refractivity contribution < 1.29 is 13.2 Å². The Balaban J connectivity index is 3.07. The summed E-state index contributed by atoms with van der Waals surface area (Å²) in [6, 6.07) is 6.09. The van der Waals surface area contributed by atoms with Gasteiger partial charge in [0, 0.05) is 5.02 Å². The first-order valence-electron chi connectivity index (χ1n) is 4.57. The second-order valence-electron chi connectivity index (χ2n) is 3.31. The molecule has 0 fully saturated rings. The normalized spacial score (nSPS) is 11.0. The first-order valence-corrected chi connectivity index (χ1v) is 6.80. The average Bonchev–Trinajstić information content (AvgIpc) is 2.25. The topological polar surface area (TPSA) is 92.5 Å². The number of hydrogen-bond donors (Lipinski definition) is 2. The SMILES string of the molecule is CS(=O)(=O)N(CC(=O)NN)c1ccc(Cl)cc1. The number of amides is 1. The molecule has 0 saturated heterocycles. The predicted octanol–water partition coefficient (Wildman–Crippen LogP) is 0.0959. The Morgan fingerprint density at radius 1 is 1.41 bits per heavy atom. The Labute approximate surface area is 104 Å². The lowest BCUT2D eigenvalue weighted by Crippen LogP contribution is -2.42. The number of nitrogens with zero attached hydrogens (tertiary/aromatic N) is 1. The highest BCUT2D eigenvalue weighted by Gasteiger charge is 2.20. The van der Waals surface area contributed by atoms with E-state index in [1.165, 1.54) is 24.3 Å². The van der Waals surface area contributed by atoms with Crippen LogP contribution >= 0.6 is 11.6 Å². The maximum atomic E-state index is 11.5. The van der Waals surface area contributed by atoms with Crippen molar-refractivity contribution in [2.75, 3.05) is 17.1 Å². The summed E-state index contributed by atoms with van der Waals surface area (Å²) in [5.41, 5.74) is 2.23. The van der Waals surface area contributed by atoms with E-state index in [0.29, 0.717) is 10.7 Å². The molecule has 1 amide bonds. The van der Waals surface area contributed by atoms with Crippen molar-refractivity contribution in [2.24, 2.45) is 5.84 Å². The first-order chi connectivity index (χ1) is 7.84. The molecule has 3 N–H and O–H groups in total. The minimum absolute atomic E-state index is 0.348. The lowest BCUT2D eigenvalue weighted by molar-refractivity contribution is -0.119. The zero-order valence-electron chi connectivity index (χ0n) is 9.05. The molecule has 0 aliphatic heterocycles. The van der Waals surface area contributed by atoms with Gasteiger partial charge in [0.25, 0.3) is 5.91 Å². The molecule has 0 aliphatic carbocycles. The van der Waals surface area contributed by atoms with Crippen LogP contribution in [-0.4, -0.2) is 27.1 Å². The number of halogens is 1. The third kappa shape index (κ3) is 3.88. The Bertz CT molecular complexity index is 501. The highest BCUT2D eigenvalue weighted by molar-refractivity contribution is 7.92. The fourth-order valence-electron chi connectivity index (χ4n) is 1.18. The number of anilines is 1. The van der Waals surface area contributed by atoms with Gasteiger partial charge in [0.05, 0.1) is 11.9 Å². The highest BCUT2D eigenvalue weighted by atomic mass is 35.5. The molecule has 17 heavy (non-hydrogen) atoms. The first kappa shape index (κ1) is 13.8. The van der Waals surface area contributed by atoms with Crippen LogP contribution in [0.4, 0.5) is 5.69 Å². The van der Waals surface area contributed by atoms with Crippen LogP contribution < -0.4 is 15.6 Å². The van der Waals surface area contributed by atoms with Crippen molar-refractivity contribution >= 4 is 33.2 Å². The van der Waals surface area contributed by atoms with Crippen LogP contribution in [0.5, 0.6) is 0 Å². The average molecular weight is 278 g/mol. The molecule has 0 aliphatic rings. The molecular weight excluding hydrogens is 266 g/mol. The van der Waals surface area contributed by atoms with E-state index in [4.69, 9.17) is 17.4 Å². The number of carbonyl (C=O) groups excluding carboxylic acids is 1. The summed E-state index contributed by atoms with van der Waals surface area (Å²) in [6.45, 7) is -0.378. The van der Waals surface area contributed by atoms with Gasteiger partial charge < -0.3 is 0 Å². The molecule has 8 heteroatoms. The number of sulfonamides is 1. The van der Waals surface area contributed by atoms with Gasteiger partial charge in [0.15, 0.2) is 0 Å². The number of carbonyl (C=O) groups is 1. The summed E-state index contributed by atoms with van der Waals surface area (Å²) < 4.78 is 24.0. The van der Waals surface area contributed by atoms with Crippen LogP contribution in [0.3, 0.4) is 0 Å². The third-order valence-corrected chi connectivity index (χ3v) is 3.36. The van der Waals surface area contributed by atoms with Gasteiger partial charge in [0.2, 0.25) is 10.0 Å². The van der Waals surface area contributed by atoms with E-state index in [2.05, 4.69) is 0 Å². The van der Waals surface area contributed by atoms with E-state index >= 15 is 0 Å². The van der Waals surface area contributed by atoms with E-state index in [0.717, 1.165) is 10.6 Å². The quantitative estimate of drug-likeness (QED) is 0.464. The van der Waals surface area contributed by atoms with Crippen molar-refractivity contribution in [1.82, 2.24) is 5.43 Å². The number of hydrazine groups is 1. The molecule has 0 unspecified atom stereocenters. The van der Waals surface area contributed by atoms with Crippen molar-refractivity contribution in [3.05, 3.63) is 29.3 Å². The monoisotopic (exact) mass is 277 g/mol. The van der Waals surface area contributed by atoms with Gasteiger partial charge in [0.1, 0.15) is 6.54 Å². The van der Waals surface area contributed by atoms with Gasteiger partial charge >= 0.3 is 0 Å². The number of hydrogen-bond acceptors (Lipinski definition) is 4. The molecule has 0 bridgehead atoms. The van der Waals surface area contributed by atoms with Gasteiger partial charge in [-0.25, -0.2) is 14.3 Å². The Morgan fingerprint density at radius 2 is 1.94 bits per heavy atom. The van der Waals surface area contributed by atoms with E-state index in [1.807, 2.05) is 5.43 Å². The van der Waals surface area contributed by atoms with E-state index in [-0.39, 0.29) is 6.54 Å². The van der Waals surface area contributed by atoms with Crippen molar-refractivity contribution in [2.45, 2.75) is 0 Å². The summed E-state index contributed by atoms with van der Waals surface area (Å²) in [4.78, 5) is 11.1. The van der Waals surface area contributed by atoms with Crippen molar-refractivity contribution in [3.8, 4) is 0 Å². The highest BCUT2D eigenvalue weighted by Crippen LogP contribution is 2.19. The third-order valence-electron chi connectivity index (χ3n) is 1.96. The van der Waals surface area contributed by atoms with Crippen LogP contribution in [0, 0.1) is 0 Å². The van der Waals surface area contributed by atoms with E-state index in [1.54, 1.807) is 0 Å². The maximum absolute atomic E-state index is 11.5. The molecule has 0 heterocycles. The standard InChI is InChI=1S/C9H12ClN3O3S/c1-17(15,16)13(6-9(14)12-11)8-4-2-7(10)3-5-8/h2-5H,6,11H2,1H3,(H,12,14). The molecule has 0 saturated carbocycles. The fourth-order valence-corrected chi connectivity index (χ4v) is 2.17. The molecule has 0 atom stereocenters. The number of nitrogens with one attached hydrogen (secondary N) is 1. The molecule has 0 aromatic heterocycles. The van der Waals surface area contributed by atoms with Gasteiger partial charge in [-0.3, -0.25) is 14.5 Å². The number of benzene rings is 1. The fraction of sp³-hybridized carbons (Fsp3) is 0.222. The van der Waals surface area contributed by atoms with Gasteiger partial charge in [-0.05, 0) is 24.3 Å². The summed E-state index contributed by atoms with van der Waals surface area (Å²) in [6.07, 6.45) is 1.01. The lowest BCUT2D eigenvalue weighted by atomic mass is 10.3. The smallest absolute Gasteiger partial charge is 0.254 e. The molecule has 1 aromatic rings. The van der Waals surface area contributed by atoms with E-state index in [9.17, 15) is 13.2 Å². The Kier molecular flexibility index (Phi) is 4.33. The van der Waals surface area contributed by atoms with E-state index < -0.39 is 15.9 Å². The predicted molar refractivity (Wildman–Crippen MR) is 66.0 cm³/mol. The maximum Gasteiger partial charge on any atom is 0.254 e. The molecule has 1 rings (SSSR count). The van der Waals surface area contributed by atoms with Gasteiger partial charge in [-0.2, -0.15) is 0 Å². The second-order valence-corrected chi connectivity index (χ2v) is 5.66. The van der Waals surface area contributed by atoms with Crippen LogP contribution in [0.25, 0.3) is 0 Å². The Morgan fingerprint density at radius 3 is 2.35 bits per heavy atom. The zero-order chi connectivity index (χ0) is 13.1. The molecular formula is C9H12ClN3O3S. The lowest BCUT2D eigenvalue weighted by Gasteiger charge is -2.21. The molecule has 6 nitrogen and oxygen atoms in total. The van der Waals surface area contributed by atoms with Crippen LogP contribution in [0.2, 0.25) is 5.02 Å². The summed E-state index contributed by atoms with van der Waals surface area (Å²) >= 11 is 5.70. The van der Waals surface area contributed by atoms with Crippen molar-refractivity contribution in [1.29, 1.82) is 0 Å². The molecule has 94 valence electrons. The van der Waals surface area contributed by atoms with Crippen molar-refractivity contribution in [3.63, 3.8) is 0 Å². The van der Waals surface area contributed by atoms with Gasteiger partial charge in [-0.15, -0.1) is 0 Å². The number of rotatable bonds is 4. The summed E-state index contributed by atoms with van der Waals surface area (Å²) in [7, 11) is -3.56. The summed E-state index contributed by atoms with van der Waals surface area (Å²) in [5, 5.41) is 0.477. The largest absolute Gasteiger partial charge is 0.293 e. The zero-order valence-corrected chi connectivity index (χ0v) is 10.6. The van der Waals surface area contributed by atoms with Crippen LogP contribution in [-0.2, 0) is 14.8 Å². The second kappa shape index (κ2) is 5.35. The number of nitrogens with two attached hydrogens (primary N) is 1. The van der Waals surface area contributed by atoms with Crippen LogP contribution in [0.1, 0.15) is 0 Å². The van der Waals surface area contributed by atoms with Gasteiger partial charge in [-0.1, -0.05) is 11.6 Å². The minimum Gasteiger partial charge on any atom is -0.293 e. The molecule has 0 radical (unpaired) electrons.